The lowest BCUT2D eigenvalue weighted by atomic mass is 9.43. The zero-order valence-electron chi connectivity index (χ0n) is 34.7. The molecule has 2 nitrogen and oxygen atoms in total. The Balaban J connectivity index is 0.962. The van der Waals surface area contributed by atoms with E-state index < -0.39 is 0 Å². The van der Waals surface area contributed by atoms with E-state index in [4.69, 9.17) is 0 Å². The fourth-order valence-corrected chi connectivity index (χ4v) is 16.3. The minimum atomic E-state index is 0.111. The van der Waals surface area contributed by atoms with Crippen LogP contribution in [0.3, 0.4) is 0 Å². The zero-order valence-corrected chi connectivity index (χ0v) is 34.7. The Labute approximate surface area is 358 Å². The van der Waals surface area contributed by atoms with Crippen LogP contribution in [0, 0.1) is 35.5 Å². The van der Waals surface area contributed by atoms with E-state index >= 15 is 0 Å². The van der Waals surface area contributed by atoms with Crippen molar-refractivity contribution in [2.45, 2.75) is 68.6 Å². The molecule has 1 heterocycles. The second-order valence-corrected chi connectivity index (χ2v) is 20.5. The molecule has 0 radical (unpaired) electrons. The Hall–Kier alpha value is -5.86. The highest BCUT2D eigenvalue weighted by atomic mass is 15.1. The number of benzene rings is 7. The monoisotopic (exact) mass is 786 g/mol. The van der Waals surface area contributed by atoms with Gasteiger partial charge in [0.2, 0.25) is 0 Å². The number of nitrogens with zero attached hydrogens (tertiary/aromatic N) is 2. The van der Waals surface area contributed by atoms with Crippen molar-refractivity contribution in [3.63, 3.8) is 0 Å². The number of rotatable bonds is 4. The summed E-state index contributed by atoms with van der Waals surface area (Å²) in [7, 11) is 0. The van der Waals surface area contributed by atoms with Gasteiger partial charge in [-0.1, -0.05) is 110 Å². The molecule has 8 aliphatic rings. The van der Waals surface area contributed by atoms with E-state index in [0.29, 0.717) is 0 Å². The van der Waals surface area contributed by atoms with Crippen LogP contribution in [0.5, 0.6) is 0 Å². The number of aromatic nitrogens is 1. The normalized spacial score (nSPS) is 29.2. The first-order valence-electron chi connectivity index (χ1n) is 23.5. The lowest BCUT2D eigenvalue weighted by molar-refractivity contribution is -0.0399. The number of para-hydroxylation sites is 2. The fourth-order valence-electron chi connectivity index (χ4n) is 16.3. The molecule has 1 aromatic heterocycles. The Morgan fingerprint density at radius 2 is 1.05 bits per heavy atom. The van der Waals surface area contributed by atoms with Crippen LogP contribution in [0.1, 0.15) is 80.0 Å². The van der Waals surface area contributed by atoms with E-state index in [9.17, 15) is 0 Å². The van der Waals surface area contributed by atoms with Gasteiger partial charge in [-0.25, -0.2) is 0 Å². The zero-order chi connectivity index (χ0) is 39.6. The average molecular weight is 787 g/mol. The number of anilines is 3. The smallest absolute Gasteiger partial charge is 0.0543 e. The number of fused-ring (bicyclic) bond motifs is 14. The van der Waals surface area contributed by atoms with Crippen LogP contribution >= 0.6 is 0 Å². The lowest BCUT2D eigenvalue weighted by Gasteiger charge is -2.61. The Bertz CT molecular complexity index is 3070. The standard InChI is InChI=1S/C59H50N2/c1-6-15-51-45(10-1)46-27-26-44(34-53(46)59(51)40-30-37-28-38(32-40)33-41(59)31-37)60(42-22-24-43(25-23-42)61-54-17-7-3-11-47(54)48-12-4-8-18-55(48)61)56-19-9-16-52-57(56)49-13-2-5-14-50(49)58(52)35-36-20-21-39(58)29-36/h1-19,22-27,34,36-41H,20-21,28-33,35H2. The summed E-state index contributed by atoms with van der Waals surface area (Å²) in [6, 6.07) is 61.5. The maximum atomic E-state index is 2.70. The fraction of sp³-hybridized carbons (Fsp3) is 0.288. The van der Waals surface area contributed by atoms with Gasteiger partial charge in [0.1, 0.15) is 0 Å². The van der Waals surface area contributed by atoms with Gasteiger partial charge in [-0.15, -0.1) is 0 Å². The predicted octanol–water partition coefficient (Wildman–Crippen LogP) is 15.1. The first-order valence-corrected chi connectivity index (χ1v) is 23.5. The quantitative estimate of drug-likeness (QED) is 0.172. The molecule has 0 amide bonds. The summed E-state index contributed by atoms with van der Waals surface area (Å²) >= 11 is 0. The van der Waals surface area contributed by atoms with Crippen molar-refractivity contribution in [3.05, 3.63) is 180 Å². The molecule has 16 rings (SSSR count). The van der Waals surface area contributed by atoms with Gasteiger partial charge < -0.3 is 9.47 Å². The van der Waals surface area contributed by atoms with E-state index in [0.717, 1.165) is 35.5 Å². The molecule has 8 aliphatic carbocycles. The maximum absolute atomic E-state index is 2.70. The molecule has 0 N–H and O–H groups in total. The molecule has 296 valence electrons. The third-order valence-corrected chi connectivity index (χ3v) is 18.0. The topological polar surface area (TPSA) is 8.17 Å². The van der Waals surface area contributed by atoms with E-state index in [1.165, 1.54) is 125 Å². The highest BCUT2D eigenvalue weighted by Gasteiger charge is 2.62. The van der Waals surface area contributed by atoms with Crippen molar-refractivity contribution in [2.75, 3.05) is 4.90 Å². The second kappa shape index (κ2) is 11.9. The summed E-state index contributed by atoms with van der Waals surface area (Å²) in [5, 5.41) is 2.60. The second-order valence-electron chi connectivity index (χ2n) is 20.5. The summed E-state index contributed by atoms with van der Waals surface area (Å²) in [6.07, 6.45) is 12.5. The SMILES string of the molecule is c1ccc2c(c1)-c1c(N(c3ccc(-n4c5ccccc5c5ccccc54)cc3)c3ccc4c(c3)C3(c5ccccc5-4)C4CC5CC(C4)CC3C5)cccc1C21CC2CCC1C2. The van der Waals surface area contributed by atoms with Crippen molar-refractivity contribution in [3.8, 4) is 27.9 Å². The van der Waals surface area contributed by atoms with Gasteiger partial charge >= 0.3 is 0 Å². The van der Waals surface area contributed by atoms with Crippen molar-refractivity contribution < 1.29 is 0 Å². The first-order chi connectivity index (χ1) is 30.2. The van der Waals surface area contributed by atoms with Crippen LogP contribution in [0.25, 0.3) is 49.7 Å². The summed E-state index contributed by atoms with van der Waals surface area (Å²) in [5.74, 6) is 4.86. The van der Waals surface area contributed by atoms with E-state index in [1.54, 1.807) is 22.3 Å². The Kier molecular flexibility index (Phi) is 6.62. The molecular formula is C59H50N2. The summed E-state index contributed by atoms with van der Waals surface area (Å²) in [6.45, 7) is 0. The highest BCUT2D eigenvalue weighted by Crippen LogP contribution is 2.70. The van der Waals surface area contributed by atoms with E-state index in [2.05, 4.69) is 167 Å². The molecule has 0 saturated heterocycles. The van der Waals surface area contributed by atoms with Crippen LogP contribution in [-0.4, -0.2) is 4.57 Å². The van der Waals surface area contributed by atoms with Gasteiger partial charge in [-0.05, 0) is 180 Å². The van der Waals surface area contributed by atoms with Crippen LogP contribution in [0.2, 0.25) is 0 Å². The number of hydrogen-bond acceptors (Lipinski definition) is 1. The van der Waals surface area contributed by atoms with Crippen LogP contribution in [-0.2, 0) is 10.8 Å². The van der Waals surface area contributed by atoms with Gasteiger partial charge in [-0.2, -0.15) is 0 Å². The molecule has 8 aromatic rings. The van der Waals surface area contributed by atoms with Gasteiger partial charge in [0.15, 0.2) is 0 Å². The third kappa shape index (κ3) is 4.20. The van der Waals surface area contributed by atoms with Crippen molar-refractivity contribution in [1.29, 1.82) is 0 Å². The lowest BCUT2D eigenvalue weighted by Crippen LogP contribution is -2.55. The third-order valence-electron chi connectivity index (χ3n) is 18.0. The molecule has 61 heavy (non-hydrogen) atoms. The molecule has 6 bridgehead atoms. The summed E-state index contributed by atoms with van der Waals surface area (Å²) < 4.78 is 2.46. The van der Waals surface area contributed by atoms with Crippen molar-refractivity contribution >= 4 is 38.9 Å². The first kappa shape index (κ1) is 33.8. The van der Waals surface area contributed by atoms with Crippen molar-refractivity contribution in [2.24, 2.45) is 35.5 Å². The van der Waals surface area contributed by atoms with Crippen LogP contribution in [0.15, 0.2) is 158 Å². The van der Waals surface area contributed by atoms with Crippen molar-refractivity contribution in [1.82, 2.24) is 4.57 Å². The summed E-state index contributed by atoms with van der Waals surface area (Å²) in [4.78, 5) is 2.67. The van der Waals surface area contributed by atoms with E-state index in [1.807, 2.05) is 0 Å². The molecular weight excluding hydrogens is 737 g/mol. The Morgan fingerprint density at radius 1 is 0.443 bits per heavy atom. The van der Waals surface area contributed by atoms with E-state index in [-0.39, 0.29) is 10.8 Å². The van der Waals surface area contributed by atoms with Gasteiger partial charge in [0.25, 0.3) is 0 Å². The number of hydrogen-bond donors (Lipinski definition) is 0. The molecule has 2 heteroatoms. The largest absolute Gasteiger partial charge is 0.310 e. The predicted molar refractivity (Wildman–Crippen MR) is 250 cm³/mol. The minimum absolute atomic E-state index is 0.111. The van der Waals surface area contributed by atoms with Crippen LogP contribution in [0.4, 0.5) is 17.1 Å². The molecule has 6 saturated carbocycles. The molecule has 2 spiro atoms. The van der Waals surface area contributed by atoms with Gasteiger partial charge in [0.05, 0.1) is 16.7 Å². The highest BCUT2D eigenvalue weighted by molar-refractivity contribution is 6.09. The van der Waals surface area contributed by atoms with Crippen LogP contribution < -0.4 is 4.90 Å². The minimum Gasteiger partial charge on any atom is -0.310 e. The molecule has 3 unspecified atom stereocenters. The van der Waals surface area contributed by atoms with Gasteiger partial charge in [0, 0.05) is 44.2 Å². The van der Waals surface area contributed by atoms with Gasteiger partial charge in [-0.3, -0.25) is 0 Å². The maximum Gasteiger partial charge on any atom is 0.0543 e. The molecule has 3 atom stereocenters. The molecule has 6 fully saturated rings. The molecule has 0 aliphatic heterocycles. The Morgan fingerprint density at radius 3 is 1.75 bits per heavy atom. The summed E-state index contributed by atoms with van der Waals surface area (Å²) in [5.41, 5.74) is 20.1. The average Bonchev–Trinajstić information content (AvgIpc) is 4.12. The molecule has 7 aromatic carbocycles.